The van der Waals surface area contributed by atoms with Crippen molar-refractivity contribution in [3.8, 4) is 0 Å². The predicted molar refractivity (Wildman–Crippen MR) is 107 cm³/mol. The number of carbonyl (C=O) groups excluding carboxylic acids is 1. The molecule has 0 aliphatic carbocycles. The lowest BCUT2D eigenvalue weighted by Gasteiger charge is -2.38. The van der Waals surface area contributed by atoms with Crippen LogP contribution in [-0.4, -0.2) is 38.8 Å². The Morgan fingerprint density at radius 2 is 2.00 bits per heavy atom. The molecule has 158 valence electrons. The quantitative estimate of drug-likeness (QED) is 0.647. The third kappa shape index (κ3) is 3.63. The molecule has 2 aliphatic heterocycles. The van der Waals surface area contributed by atoms with Gasteiger partial charge in [-0.1, -0.05) is 17.7 Å². The Bertz CT molecular complexity index is 888. The van der Waals surface area contributed by atoms with Gasteiger partial charge < -0.3 is 10.2 Å². The van der Waals surface area contributed by atoms with Gasteiger partial charge in [-0.25, -0.2) is 4.68 Å². The number of fused-ring (bicyclic) bond motifs is 1. The molecule has 0 aromatic carbocycles. The van der Waals surface area contributed by atoms with E-state index in [0.29, 0.717) is 0 Å². The number of amides is 1. The van der Waals surface area contributed by atoms with Gasteiger partial charge in [0.25, 0.3) is 5.91 Å². The number of thiophene rings is 1. The zero-order chi connectivity index (χ0) is 20.9. The van der Waals surface area contributed by atoms with E-state index in [1.165, 1.54) is 11.3 Å². The number of piperidine rings is 1. The summed E-state index contributed by atoms with van der Waals surface area (Å²) in [5, 5.41) is 8.93. The summed E-state index contributed by atoms with van der Waals surface area (Å²) in [5.74, 6) is -0.355. The molecule has 4 heterocycles. The van der Waals surface area contributed by atoms with Gasteiger partial charge in [0, 0.05) is 23.4 Å². The number of hydrogen-bond donors (Lipinski definition) is 1. The lowest BCUT2D eigenvalue weighted by atomic mass is 9.97. The van der Waals surface area contributed by atoms with Crippen LogP contribution in [0.4, 0.5) is 19.0 Å². The molecule has 0 unspecified atom stereocenters. The van der Waals surface area contributed by atoms with Crippen LogP contribution in [0, 0.1) is 0 Å². The van der Waals surface area contributed by atoms with Crippen molar-refractivity contribution in [2.75, 3.05) is 5.32 Å². The van der Waals surface area contributed by atoms with Crippen LogP contribution in [0.5, 0.6) is 0 Å². The van der Waals surface area contributed by atoms with Crippen LogP contribution in [0.2, 0.25) is 5.02 Å². The molecule has 1 saturated heterocycles. The molecule has 1 fully saturated rings. The summed E-state index contributed by atoms with van der Waals surface area (Å²) in [6.45, 7) is 3.89. The van der Waals surface area contributed by atoms with E-state index in [0.717, 1.165) is 28.8 Å². The van der Waals surface area contributed by atoms with Crippen molar-refractivity contribution < 1.29 is 18.0 Å². The van der Waals surface area contributed by atoms with Crippen molar-refractivity contribution in [2.45, 2.75) is 69.9 Å². The van der Waals surface area contributed by atoms with Gasteiger partial charge in [-0.15, -0.1) is 11.3 Å². The maximum Gasteiger partial charge on any atom is 0.410 e. The summed E-state index contributed by atoms with van der Waals surface area (Å²) < 4.78 is 42.3. The molecule has 0 bridgehead atoms. The summed E-state index contributed by atoms with van der Waals surface area (Å²) in [7, 11) is 0. The van der Waals surface area contributed by atoms with Gasteiger partial charge in [-0.3, -0.25) is 4.79 Å². The van der Waals surface area contributed by atoms with E-state index in [-0.39, 0.29) is 35.0 Å². The second-order valence-electron chi connectivity index (χ2n) is 7.80. The Morgan fingerprint density at radius 3 is 2.59 bits per heavy atom. The van der Waals surface area contributed by atoms with Gasteiger partial charge >= 0.3 is 6.18 Å². The molecule has 2 aromatic heterocycles. The zero-order valence-electron chi connectivity index (χ0n) is 16.0. The van der Waals surface area contributed by atoms with E-state index >= 15 is 0 Å². The number of hydrogen-bond acceptors (Lipinski definition) is 4. The molecular weight excluding hydrogens is 425 g/mol. The number of anilines is 1. The number of alkyl halides is 3. The van der Waals surface area contributed by atoms with Crippen LogP contribution in [0.1, 0.15) is 67.0 Å². The highest BCUT2D eigenvalue weighted by molar-refractivity contribution is 7.10. The number of halogens is 4. The Balaban J connectivity index is 1.74. The number of nitrogens with zero attached hydrogens (tertiary/aromatic N) is 3. The Kier molecular flexibility index (Phi) is 5.31. The third-order valence-corrected chi connectivity index (χ3v) is 7.16. The standard InChI is InChI=1S/C19H22ClF3N4OS/c1-10-5-3-6-11(2)26(10)18(28)16-15(20)17-24-12(13-7-4-8-29-13)9-14(19(21,22)23)27(17)25-16/h4,7-8,10-12,14,24H,3,5-6,9H2,1-2H3/t10-,11-,12-,14+/m0/s1. The number of carbonyl (C=O) groups is 1. The third-order valence-electron chi connectivity index (χ3n) is 5.81. The first-order chi connectivity index (χ1) is 13.7. The van der Waals surface area contributed by atoms with Crippen LogP contribution < -0.4 is 5.32 Å². The molecule has 0 radical (unpaired) electrons. The fourth-order valence-corrected chi connectivity index (χ4v) is 5.40. The second-order valence-corrected chi connectivity index (χ2v) is 9.16. The lowest BCUT2D eigenvalue weighted by Crippen LogP contribution is -2.47. The molecule has 0 saturated carbocycles. The van der Waals surface area contributed by atoms with E-state index in [2.05, 4.69) is 10.4 Å². The average molecular weight is 447 g/mol. The molecule has 1 amide bonds. The largest absolute Gasteiger partial charge is 0.410 e. The van der Waals surface area contributed by atoms with E-state index in [9.17, 15) is 18.0 Å². The van der Waals surface area contributed by atoms with Crippen molar-refractivity contribution in [3.63, 3.8) is 0 Å². The topological polar surface area (TPSA) is 50.2 Å². The van der Waals surface area contributed by atoms with Crippen molar-refractivity contribution >= 4 is 34.7 Å². The number of likely N-dealkylation sites (tertiary alicyclic amines) is 1. The summed E-state index contributed by atoms with van der Waals surface area (Å²) in [4.78, 5) is 15.7. The highest BCUT2D eigenvalue weighted by atomic mass is 35.5. The predicted octanol–water partition coefficient (Wildman–Crippen LogP) is 5.66. The Morgan fingerprint density at radius 1 is 1.31 bits per heavy atom. The first kappa shape index (κ1) is 20.5. The molecule has 0 spiro atoms. The highest BCUT2D eigenvalue weighted by Crippen LogP contribution is 2.47. The van der Waals surface area contributed by atoms with Gasteiger partial charge in [-0.05, 0) is 44.6 Å². The van der Waals surface area contributed by atoms with Crippen LogP contribution >= 0.6 is 22.9 Å². The van der Waals surface area contributed by atoms with Crippen molar-refractivity contribution in [1.82, 2.24) is 14.7 Å². The maximum absolute atomic E-state index is 13.8. The van der Waals surface area contributed by atoms with Crippen molar-refractivity contribution in [2.24, 2.45) is 0 Å². The van der Waals surface area contributed by atoms with Crippen LogP contribution in [-0.2, 0) is 0 Å². The summed E-state index contributed by atoms with van der Waals surface area (Å²) in [6, 6.07) is 1.18. The zero-order valence-corrected chi connectivity index (χ0v) is 17.6. The van der Waals surface area contributed by atoms with Gasteiger partial charge in [0.2, 0.25) is 0 Å². The van der Waals surface area contributed by atoms with E-state index < -0.39 is 24.2 Å². The molecule has 5 nitrogen and oxygen atoms in total. The Labute approximate surface area is 175 Å². The first-order valence-corrected chi connectivity index (χ1v) is 10.9. The van der Waals surface area contributed by atoms with Gasteiger partial charge in [0.15, 0.2) is 11.7 Å². The molecule has 2 aliphatic rings. The summed E-state index contributed by atoms with van der Waals surface area (Å²) >= 11 is 7.82. The van der Waals surface area contributed by atoms with Gasteiger partial charge in [0.1, 0.15) is 10.8 Å². The smallest absolute Gasteiger partial charge is 0.361 e. The Hall–Kier alpha value is -1.74. The molecular formula is C19H22ClF3N4OS. The lowest BCUT2D eigenvalue weighted by molar-refractivity contribution is -0.173. The van der Waals surface area contributed by atoms with Gasteiger partial charge in [-0.2, -0.15) is 18.3 Å². The number of rotatable bonds is 2. The van der Waals surface area contributed by atoms with Crippen LogP contribution in [0.3, 0.4) is 0 Å². The number of aromatic nitrogens is 2. The fourth-order valence-electron chi connectivity index (χ4n) is 4.35. The minimum absolute atomic E-state index is 0.00807. The first-order valence-electron chi connectivity index (χ1n) is 9.65. The summed E-state index contributed by atoms with van der Waals surface area (Å²) in [5.41, 5.74) is -0.115. The average Bonchev–Trinajstić information content (AvgIpc) is 3.28. The van der Waals surface area contributed by atoms with Crippen molar-refractivity contribution in [1.29, 1.82) is 0 Å². The minimum Gasteiger partial charge on any atom is -0.361 e. The second kappa shape index (κ2) is 7.50. The molecule has 2 aromatic rings. The molecule has 1 N–H and O–H groups in total. The highest BCUT2D eigenvalue weighted by Gasteiger charge is 2.48. The van der Waals surface area contributed by atoms with E-state index in [1.807, 2.05) is 19.2 Å². The maximum atomic E-state index is 13.8. The fraction of sp³-hybridized carbons (Fsp3) is 0.579. The SMILES string of the molecule is C[C@H]1CCC[C@H](C)N1C(=O)c1nn2c(c1Cl)N[C@H](c1cccs1)C[C@@H]2C(F)(F)F. The molecule has 4 atom stereocenters. The normalized spacial score (nSPS) is 27.4. The van der Waals surface area contributed by atoms with Crippen LogP contribution in [0.25, 0.3) is 0 Å². The van der Waals surface area contributed by atoms with Crippen LogP contribution in [0.15, 0.2) is 17.5 Å². The number of nitrogens with one attached hydrogen (secondary N) is 1. The molecule has 10 heteroatoms. The monoisotopic (exact) mass is 446 g/mol. The van der Waals surface area contributed by atoms with E-state index in [1.54, 1.807) is 17.0 Å². The minimum atomic E-state index is -4.51. The molecule has 29 heavy (non-hydrogen) atoms. The van der Waals surface area contributed by atoms with Crippen molar-refractivity contribution in [3.05, 3.63) is 33.1 Å². The van der Waals surface area contributed by atoms with E-state index in [4.69, 9.17) is 11.6 Å². The summed E-state index contributed by atoms with van der Waals surface area (Å²) in [6.07, 6.45) is -2.00. The van der Waals surface area contributed by atoms with Gasteiger partial charge in [0.05, 0.1) is 6.04 Å². The molecule has 4 rings (SSSR count).